The fraction of sp³-hybridized carbons (Fsp3) is 0.333. The second-order valence-electron chi connectivity index (χ2n) is 7.73. The first-order valence-corrected chi connectivity index (χ1v) is 11.5. The van der Waals surface area contributed by atoms with Crippen molar-refractivity contribution in [1.82, 2.24) is 9.88 Å². The lowest BCUT2D eigenvalue weighted by Crippen LogP contribution is -2.22. The van der Waals surface area contributed by atoms with Crippen molar-refractivity contribution in [2.75, 3.05) is 6.54 Å². The molecule has 4 nitrogen and oxygen atoms in total. The number of hydrogen-bond acceptors (Lipinski definition) is 4. The molecule has 156 valence electrons. The first-order chi connectivity index (χ1) is 14.6. The molecular weight excluding hydrogens is 416 g/mol. The molecule has 0 amide bonds. The van der Waals surface area contributed by atoms with Gasteiger partial charge in [-0.25, -0.2) is 9.78 Å². The number of carboxylic acid groups (broad SMARTS) is 1. The quantitative estimate of drug-likeness (QED) is 0.466. The zero-order chi connectivity index (χ0) is 20.9. The number of rotatable bonds is 8. The third-order valence-electron chi connectivity index (χ3n) is 5.58. The summed E-state index contributed by atoms with van der Waals surface area (Å²) in [5, 5.41) is 11.4. The van der Waals surface area contributed by atoms with Crippen molar-refractivity contribution in [3.05, 3.63) is 86.3 Å². The standard InChI is InChI=1S/C24H25ClN2O2S/c25-19-13-11-18(12-14-19)16-27-15-5-10-21(27)23-26-20(22(30-23)24(28)29)9-4-8-17-6-2-1-3-7-17/h1-3,6-7,11-14,21H,4-5,8-10,15-16H2,(H,28,29)/t21-/m1/s1. The summed E-state index contributed by atoms with van der Waals surface area (Å²) in [6, 6.07) is 18.4. The van der Waals surface area contributed by atoms with E-state index < -0.39 is 5.97 Å². The highest BCUT2D eigenvalue weighted by Gasteiger charge is 2.30. The fourth-order valence-electron chi connectivity index (χ4n) is 4.07. The summed E-state index contributed by atoms with van der Waals surface area (Å²) in [5.41, 5.74) is 3.22. The number of carbonyl (C=O) groups is 1. The van der Waals surface area contributed by atoms with Gasteiger partial charge < -0.3 is 5.11 Å². The summed E-state index contributed by atoms with van der Waals surface area (Å²) in [4.78, 5) is 19.5. The molecule has 1 aliphatic rings. The van der Waals surface area contributed by atoms with Crippen LogP contribution in [0.1, 0.15) is 56.8 Å². The molecule has 0 aliphatic carbocycles. The molecule has 0 saturated carbocycles. The number of aryl methyl sites for hydroxylation is 2. The van der Waals surface area contributed by atoms with Crippen LogP contribution in [0.4, 0.5) is 0 Å². The maximum Gasteiger partial charge on any atom is 0.347 e. The Morgan fingerprint density at radius 1 is 1.10 bits per heavy atom. The van der Waals surface area contributed by atoms with E-state index >= 15 is 0 Å². The van der Waals surface area contributed by atoms with Crippen molar-refractivity contribution in [3.63, 3.8) is 0 Å². The number of carboxylic acids is 1. The molecule has 0 spiro atoms. The zero-order valence-corrected chi connectivity index (χ0v) is 18.3. The number of aromatic carboxylic acids is 1. The van der Waals surface area contributed by atoms with Crippen LogP contribution in [-0.2, 0) is 19.4 Å². The van der Waals surface area contributed by atoms with Gasteiger partial charge in [0.1, 0.15) is 9.88 Å². The summed E-state index contributed by atoms with van der Waals surface area (Å²) >= 11 is 7.36. The molecule has 1 aliphatic heterocycles. The summed E-state index contributed by atoms with van der Waals surface area (Å²) in [7, 11) is 0. The second-order valence-corrected chi connectivity index (χ2v) is 9.19. The minimum Gasteiger partial charge on any atom is -0.477 e. The SMILES string of the molecule is O=C(O)c1sc([C@H]2CCCN2Cc2ccc(Cl)cc2)nc1CCCc1ccccc1. The molecule has 30 heavy (non-hydrogen) atoms. The monoisotopic (exact) mass is 440 g/mol. The van der Waals surface area contributed by atoms with Crippen molar-refractivity contribution in [2.45, 2.75) is 44.7 Å². The summed E-state index contributed by atoms with van der Waals surface area (Å²) in [6.07, 6.45) is 4.63. The van der Waals surface area contributed by atoms with Crippen molar-refractivity contribution in [2.24, 2.45) is 0 Å². The van der Waals surface area contributed by atoms with Crippen LogP contribution in [-0.4, -0.2) is 27.5 Å². The maximum atomic E-state index is 11.8. The predicted octanol–water partition coefficient (Wildman–Crippen LogP) is 6.01. The third kappa shape index (κ3) is 5.09. The third-order valence-corrected chi connectivity index (χ3v) is 7.02. The second kappa shape index (κ2) is 9.73. The number of hydrogen-bond donors (Lipinski definition) is 1. The van der Waals surface area contributed by atoms with Crippen molar-refractivity contribution in [3.8, 4) is 0 Å². The lowest BCUT2D eigenvalue weighted by atomic mass is 10.1. The average molecular weight is 441 g/mol. The molecule has 2 aromatic carbocycles. The number of benzene rings is 2. The van der Waals surface area contributed by atoms with Gasteiger partial charge in [-0.05, 0) is 61.9 Å². The molecular formula is C24H25ClN2O2S. The summed E-state index contributed by atoms with van der Waals surface area (Å²) < 4.78 is 0. The smallest absolute Gasteiger partial charge is 0.347 e. The van der Waals surface area contributed by atoms with Gasteiger partial charge in [-0.3, -0.25) is 4.90 Å². The summed E-state index contributed by atoms with van der Waals surface area (Å²) in [5.74, 6) is -0.865. The topological polar surface area (TPSA) is 53.4 Å². The first-order valence-electron chi connectivity index (χ1n) is 10.4. The Hall–Kier alpha value is -2.21. The van der Waals surface area contributed by atoms with Crippen molar-refractivity contribution in [1.29, 1.82) is 0 Å². The number of aromatic nitrogens is 1. The zero-order valence-electron chi connectivity index (χ0n) is 16.8. The van der Waals surface area contributed by atoms with Crippen LogP contribution in [0.15, 0.2) is 54.6 Å². The number of likely N-dealkylation sites (tertiary alicyclic amines) is 1. The van der Waals surface area contributed by atoms with Gasteiger partial charge in [0.25, 0.3) is 0 Å². The maximum absolute atomic E-state index is 11.8. The number of halogens is 1. The Kier molecular flexibility index (Phi) is 6.82. The van der Waals surface area contributed by atoms with Gasteiger partial charge >= 0.3 is 5.97 Å². The molecule has 4 rings (SSSR count). The molecule has 0 bridgehead atoms. The van der Waals surface area contributed by atoms with Gasteiger partial charge in [0.15, 0.2) is 0 Å². The summed E-state index contributed by atoms with van der Waals surface area (Å²) in [6.45, 7) is 1.83. The molecule has 0 unspecified atom stereocenters. The highest BCUT2D eigenvalue weighted by Crippen LogP contribution is 2.37. The Balaban J connectivity index is 1.46. The fourth-order valence-corrected chi connectivity index (χ4v) is 5.32. The molecule has 1 fully saturated rings. The first kappa shape index (κ1) is 21.0. The molecule has 3 aromatic rings. The minimum absolute atomic E-state index is 0.187. The lowest BCUT2D eigenvalue weighted by molar-refractivity contribution is 0.0700. The van der Waals surface area contributed by atoms with Gasteiger partial charge in [-0.1, -0.05) is 54.1 Å². The van der Waals surface area contributed by atoms with E-state index in [4.69, 9.17) is 16.6 Å². The molecule has 1 N–H and O–H groups in total. The molecule has 1 saturated heterocycles. The van der Waals surface area contributed by atoms with Crippen LogP contribution in [0.3, 0.4) is 0 Å². The molecule has 6 heteroatoms. The number of thiazole rings is 1. The highest BCUT2D eigenvalue weighted by molar-refractivity contribution is 7.13. The Bertz CT molecular complexity index is 988. The molecule has 0 radical (unpaired) electrons. The lowest BCUT2D eigenvalue weighted by Gasteiger charge is -2.22. The van der Waals surface area contributed by atoms with Crippen molar-refractivity contribution >= 4 is 28.9 Å². The van der Waals surface area contributed by atoms with Crippen LogP contribution >= 0.6 is 22.9 Å². The van der Waals surface area contributed by atoms with Gasteiger partial charge in [-0.15, -0.1) is 11.3 Å². The Morgan fingerprint density at radius 3 is 2.60 bits per heavy atom. The van der Waals surface area contributed by atoms with E-state index in [0.717, 1.165) is 54.5 Å². The normalized spacial score (nSPS) is 16.8. The van der Waals surface area contributed by atoms with E-state index in [1.54, 1.807) is 0 Å². The van der Waals surface area contributed by atoms with Crippen LogP contribution in [0.5, 0.6) is 0 Å². The predicted molar refractivity (Wildman–Crippen MR) is 121 cm³/mol. The van der Waals surface area contributed by atoms with E-state index in [0.29, 0.717) is 11.3 Å². The van der Waals surface area contributed by atoms with Gasteiger partial charge in [0.05, 0.1) is 11.7 Å². The van der Waals surface area contributed by atoms with E-state index in [1.165, 1.54) is 22.5 Å². The van der Waals surface area contributed by atoms with Gasteiger partial charge in [0, 0.05) is 11.6 Å². The van der Waals surface area contributed by atoms with Crippen LogP contribution in [0, 0.1) is 0 Å². The Labute approximate surface area is 186 Å². The van der Waals surface area contributed by atoms with Gasteiger partial charge in [-0.2, -0.15) is 0 Å². The van der Waals surface area contributed by atoms with E-state index in [-0.39, 0.29) is 6.04 Å². The Morgan fingerprint density at radius 2 is 1.87 bits per heavy atom. The van der Waals surface area contributed by atoms with E-state index in [1.807, 2.05) is 30.3 Å². The minimum atomic E-state index is -0.865. The molecule has 2 heterocycles. The highest BCUT2D eigenvalue weighted by atomic mass is 35.5. The molecule has 1 atom stereocenters. The van der Waals surface area contributed by atoms with Crippen LogP contribution in [0.25, 0.3) is 0 Å². The van der Waals surface area contributed by atoms with E-state index in [9.17, 15) is 9.90 Å². The number of nitrogens with zero attached hydrogens (tertiary/aromatic N) is 2. The average Bonchev–Trinajstić information content (AvgIpc) is 3.37. The van der Waals surface area contributed by atoms with Crippen LogP contribution in [0.2, 0.25) is 5.02 Å². The molecule has 1 aromatic heterocycles. The largest absolute Gasteiger partial charge is 0.477 e. The van der Waals surface area contributed by atoms with E-state index in [2.05, 4.69) is 29.2 Å². The van der Waals surface area contributed by atoms with Crippen LogP contribution < -0.4 is 0 Å². The van der Waals surface area contributed by atoms with Gasteiger partial charge in [0.2, 0.25) is 0 Å². The van der Waals surface area contributed by atoms with Crippen molar-refractivity contribution < 1.29 is 9.90 Å².